The number of hydrogen-bond acceptors (Lipinski definition) is 4. The van der Waals surface area contributed by atoms with E-state index in [0.717, 1.165) is 0 Å². The standard InChI is InChI=1S/C8H8N4O/c1-13-7-3-2-4-9-8(7)12-10-5-6-11-12/h2-6H,1H3. The number of ether oxygens (including phenoxy) is 1. The molecule has 0 unspecified atom stereocenters. The van der Waals surface area contributed by atoms with Crippen molar-refractivity contribution < 1.29 is 4.74 Å². The van der Waals surface area contributed by atoms with E-state index >= 15 is 0 Å². The number of methoxy groups -OCH3 is 1. The third-order valence-electron chi connectivity index (χ3n) is 1.58. The third-order valence-corrected chi connectivity index (χ3v) is 1.58. The lowest BCUT2D eigenvalue weighted by molar-refractivity contribution is 0.407. The van der Waals surface area contributed by atoms with E-state index in [1.807, 2.05) is 6.07 Å². The number of nitrogens with zero attached hydrogens (tertiary/aromatic N) is 4. The fraction of sp³-hybridized carbons (Fsp3) is 0.125. The second-order valence-electron chi connectivity index (χ2n) is 2.35. The highest BCUT2D eigenvalue weighted by Crippen LogP contribution is 2.16. The van der Waals surface area contributed by atoms with E-state index in [2.05, 4.69) is 15.2 Å². The Labute approximate surface area is 75.0 Å². The van der Waals surface area contributed by atoms with Crippen molar-refractivity contribution in [2.75, 3.05) is 7.11 Å². The lowest BCUT2D eigenvalue weighted by Gasteiger charge is -2.04. The SMILES string of the molecule is COc1cccnc1-n1nccn1. The van der Waals surface area contributed by atoms with Gasteiger partial charge in [-0.2, -0.15) is 10.2 Å². The minimum atomic E-state index is 0.593. The Balaban J connectivity index is 2.51. The molecule has 0 aliphatic heterocycles. The molecule has 0 aromatic carbocycles. The van der Waals surface area contributed by atoms with Gasteiger partial charge in [-0.3, -0.25) is 0 Å². The van der Waals surface area contributed by atoms with E-state index in [1.54, 1.807) is 31.8 Å². The number of aromatic nitrogens is 4. The third kappa shape index (κ3) is 1.35. The molecule has 0 radical (unpaired) electrons. The van der Waals surface area contributed by atoms with Gasteiger partial charge < -0.3 is 4.74 Å². The quantitative estimate of drug-likeness (QED) is 0.674. The number of rotatable bonds is 2. The van der Waals surface area contributed by atoms with Crippen LogP contribution in [0.25, 0.3) is 5.82 Å². The molecule has 0 amide bonds. The predicted molar refractivity (Wildman–Crippen MR) is 45.7 cm³/mol. The van der Waals surface area contributed by atoms with Gasteiger partial charge in [0.15, 0.2) is 5.75 Å². The molecule has 0 saturated carbocycles. The van der Waals surface area contributed by atoms with Crippen LogP contribution in [-0.4, -0.2) is 27.1 Å². The molecule has 0 fully saturated rings. The van der Waals surface area contributed by atoms with Gasteiger partial charge in [0, 0.05) is 6.20 Å². The molecular weight excluding hydrogens is 168 g/mol. The van der Waals surface area contributed by atoms with Crippen LogP contribution in [0.1, 0.15) is 0 Å². The molecule has 0 bridgehead atoms. The molecule has 0 aliphatic rings. The van der Waals surface area contributed by atoms with Crippen LogP contribution >= 0.6 is 0 Å². The second-order valence-corrected chi connectivity index (χ2v) is 2.35. The van der Waals surface area contributed by atoms with Crippen LogP contribution in [0, 0.1) is 0 Å². The minimum absolute atomic E-state index is 0.593. The van der Waals surface area contributed by atoms with Gasteiger partial charge in [0.25, 0.3) is 0 Å². The van der Waals surface area contributed by atoms with Crippen LogP contribution in [-0.2, 0) is 0 Å². The van der Waals surface area contributed by atoms with E-state index < -0.39 is 0 Å². The lowest BCUT2D eigenvalue weighted by Crippen LogP contribution is -2.03. The van der Waals surface area contributed by atoms with Crippen LogP contribution in [0.15, 0.2) is 30.7 Å². The number of pyridine rings is 1. The Morgan fingerprint density at radius 2 is 2.00 bits per heavy atom. The Kier molecular flexibility index (Phi) is 1.91. The Morgan fingerprint density at radius 1 is 1.23 bits per heavy atom. The van der Waals surface area contributed by atoms with Gasteiger partial charge in [-0.25, -0.2) is 4.98 Å². The largest absolute Gasteiger partial charge is 0.493 e. The molecule has 0 aliphatic carbocycles. The Hall–Kier alpha value is -1.91. The van der Waals surface area contributed by atoms with Crippen molar-refractivity contribution in [3.8, 4) is 11.6 Å². The summed E-state index contributed by atoms with van der Waals surface area (Å²) < 4.78 is 5.11. The van der Waals surface area contributed by atoms with E-state index in [0.29, 0.717) is 11.6 Å². The fourth-order valence-electron chi connectivity index (χ4n) is 1.02. The van der Waals surface area contributed by atoms with Crippen molar-refractivity contribution >= 4 is 0 Å². The molecule has 66 valence electrons. The Bertz CT molecular complexity index is 385. The van der Waals surface area contributed by atoms with Crippen molar-refractivity contribution in [3.05, 3.63) is 30.7 Å². The number of hydrogen-bond donors (Lipinski definition) is 0. The molecule has 13 heavy (non-hydrogen) atoms. The van der Waals surface area contributed by atoms with Crippen LogP contribution in [0.3, 0.4) is 0 Å². The highest BCUT2D eigenvalue weighted by atomic mass is 16.5. The van der Waals surface area contributed by atoms with Crippen molar-refractivity contribution in [3.63, 3.8) is 0 Å². The zero-order valence-corrected chi connectivity index (χ0v) is 7.08. The van der Waals surface area contributed by atoms with Gasteiger partial charge >= 0.3 is 0 Å². The molecule has 0 spiro atoms. The summed E-state index contributed by atoms with van der Waals surface area (Å²) in [5.41, 5.74) is 0. The summed E-state index contributed by atoms with van der Waals surface area (Å²) in [6, 6.07) is 3.61. The molecule has 0 atom stereocenters. The highest BCUT2D eigenvalue weighted by Gasteiger charge is 2.05. The summed E-state index contributed by atoms with van der Waals surface area (Å²) >= 11 is 0. The first-order valence-electron chi connectivity index (χ1n) is 3.77. The Morgan fingerprint density at radius 3 is 2.69 bits per heavy atom. The van der Waals surface area contributed by atoms with E-state index in [4.69, 9.17) is 4.74 Å². The molecule has 2 aromatic heterocycles. The summed E-state index contributed by atoms with van der Waals surface area (Å²) in [6.07, 6.45) is 4.85. The molecule has 2 aromatic rings. The first kappa shape index (κ1) is 7.72. The monoisotopic (exact) mass is 176 g/mol. The zero-order valence-electron chi connectivity index (χ0n) is 7.08. The van der Waals surface area contributed by atoms with E-state index in [-0.39, 0.29) is 0 Å². The van der Waals surface area contributed by atoms with Crippen LogP contribution < -0.4 is 4.74 Å². The zero-order chi connectivity index (χ0) is 9.10. The first-order chi connectivity index (χ1) is 6.42. The van der Waals surface area contributed by atoms with E-state index in [1.165, 1.54) is 4.80 Å². The molecule has 2 heterocycles. The minimum Gasteiger partial charge on any atom is -0.493 e. The van der Waals surface area contributed by atoms with Gasteiger partial charge in [-0.05, 0) is 12.1 Å². The summed E-state index contributed by atoms with van der Waals surface area (Å²) in [6.45, 7) is 0. The smallest absolute Gasteiger partial charge is 0.216 e. The summed E-state index contributed by atoms with van der Waals surface area (Å²) in [5.74, 6) is 1.24. The molecular formula is C8H8N4O. The summed E-state index contributed by atoms with van der Waals surface area (Å²) in [5, 5.41) is 7.92. The van der Waals surface area contributed by atoms with Gasteiger partial charge in [-0.1, -0.05) is 0 Å². The van der Waals surface area contributed by atoms with Crippen molar-refractivity contribution in [2.45, 2.75) is 0 Å². The molecule has 0 saturated heterocycles. The predicted octanol–water partition coefficient (Wildman–Crippen LogP) is 0.671. The average Bonchev–Trinajstić information content (AvgIpc) is 2.70. The molecule has 0 N–H and O–H groups in total. The van der Waals surface area contributed by atoms with Crippen LogP contribution in [0.5, 0.6) is 5.75 Å². The fourth-order valence-corrected chi connectivity index (χ4v) is 1.02. The molecule has 5 heteroatoms. The van der Waals surface area contributed by atoms with Gasteiger partial charge in [0.05, 0.1) is 19.5 Å². The maximum absolute atomic E-state index is 5.11. The van der Waals surface area contributed by atoms with Gasteiger partial charge in [0.1, 0.15) is 0 Å². The first-order valence-corrected chi connectivity index (χ1v) is 3.77. The van der Waals surface area contributed by atoms with E-state index in [9.17, 15) is 0 Å². The highest BCUT2D eigenvalue weighted by molar-refractivity contribution is 5.37. The topological polar surface area (TPSA) is 52.8 Å². The van der Waals surface area contributed by atoms with Crippen LogP contribution in [0.2, 0.25) is 0 Å². The van der Waals surface area contributed by atoms with Crippen LogP contribution in [0.4, 0.5) is 0 Å². The van der Waals surface area contributed by atoms with Crippen molar-refractivity contribution in [2.24, 2.45) is 0 Å². The second kappa shape index (κ2) is 3.22. The van der Waals surface area contributed by atoms with Crippen molar-refractivity contribution in [1.29, 1.82) is 0 Å². The normalized spacial score (nSPS) is 9.92. The van der Waals surface area contributed by atoms with Crippen molar-refractivity contribution in [1.82, 2.24) is 20.0 Å². The summed E-state index contributed by atoms with van der Waals surface area (Å²) in [7, 11) is 1.59. The maximum Gasteiger partial charge on any atom is 0.216 e. The average molecular weight is 176 g/mol. The molecule has 2 rings (SSSR count). The maximum atomic E-state index is 5.11. The van der Waals surface area contributed by atoms with Gasteiger partial charge in [0.2, 0.25) is 5.82 Å². The molecule has 5 nitrogen and oxygen atoms in total. The summed E-state index contributed by atoms with van der Waals surface area (Å²) in [4.78, 5) is 5.52. The van der Waals surface area contributed by atoms with Gasteiger partial charge in [-0.15, -0.1) is 4.80 Å². The lowest BCUT2D eigenvalue weighted by atomic mass is 10.4.